The van der Waals surface area contributed by atoms with Gasteiger partial charge in [0.25, 0.3) is 0 Å². The van der Waals surface area contributed by atoms with E-state index in [1.54, 1.807) is 6.07 Å². The van der Waals surface area contributed by atoms with Crippen LogP contribution < -0.4 is 0 Å². The number of phenols is 1. The summed E-state index contributed by atoms with van der Waals surface area (Å²) in [6.07, 6.45) is 0. The van der Waals surface area contributed by atoms with Crippen molar-refractivity contribution in [3.8, 4) is 16.9 Å². The van der Waals surface area contributed by atoms with E-state index in [9.17, 15) is 5.11 Å². The summed E-state index contributed by atoms with van der Waals surface area (Å²) in [5.74, 6) is 0.282. The van der Waals surface area contributed by atoms with Crippen LogP contribution in [0.3, 0.4) is 0 Å². The van der Waals surface area contributed by atoms with Crippen LogP contribution >= 0.6 is 0 Å². The van der Waals surface area contributed by atoms with Gasteiger partial charge in [0.05, 0.1) is 0 Å². The highest BCUT2D eigenvalue weighted by Crippen LogP contribution is 2.39. The third-order valence-corrected chi connectivity index (χ3v) is 4.57. The van der Waals surface area contributed by atoms with Crippen LogP contribution in [0.5, 0.6) is 5.75 Å². The molecule has 5 aromatic rings. The van der Waals surface area contributed by atoms with Gasteiger partial charge in [0.15, 0.2) is 0 Å². The maximum absolute atomic E-state index is 10.4. The molecule has 1 aromatic heterocycles. The largest absolute Gasteiger partial charge is 0.507 e. The van der Waals surface area contributed by atoms with Gasteiger partial charge < -0.3 is 9.52 Å². The fourth-order valence-electron chi connectivity index (χ4n) is 3.44. The molecule has 2 nitrogen and oxygen atoms in total. The molecule has 0 bridgehead atoms. The molecule has 2 heteroatoms. The van der Waals surface area contributed by atoms with E-state index in [4.69, 9.17) is 4.42 Å². The average molecular weight is 310 g/mol. The zero-order valence-corrected chi connectivity index (χ0v) is 12.9. The fourth-order valence-corrected chi connectivity index (χ4v) is 3.44. The van der Waals surface area contributed by atoms with Crippen molar-refractivity contribution < 1.29 is 9.52 Å². The summed E-state index contributed by atoms with van der Waals surface area (Å²) >= 11 is 0. The predicted octanol–water partition coefficient (Wildman–Crippen LogP) is 6.11. The maximum atomic E-state index is 10.4. The Morgan fingerprint density at radius 1 is 0.625 bits per heavy atom. The van der Waals surface area contributed by atoms with Crippen molar-refractivity contribution in [2.75, 3.05) is 0 Å². The molecule has 0 saturated heterocycles. The maximum Gasteiger partial charge on any atom is 0.136 e. The number of furan rings is 1. The van der Waals surface area contributed by atoms with E-state index in [2.05, 4.69) is 18.2 Å². The molecule has 0 atom stereocenters. The van der Waals surface area contributed by atoms with E-state index in [0.717, 1.165) is 43.8 Å². The van der Waals surface area contributed by atoms with Crippen LogP contribution in [0.1, 0.15) is 0 Å². The van der Waals surface area contributed by atoms with Gasteiger partial charge in [0.1, 0.15) is 16.9 Å². The summed E-state index contributed by atoms with van der Waals surface area (Å²) in [6, 6.07) is 25.9. The first-order chi connectivity index (χ1) is 11.8. The summed E-state index contributed by atoms with van der Waals surface area (Å²) < 4.78 is 5.98. The van der Waals surface area contributed by atoms with Crippen molar-refractivity contribution in [1.82, 2.24) is 0 Å². The van der Waals surface area contributed by atoms with E-state index in [1.165, 1.54) is 0 Å². The molecule has 4 aromatic carbocycles. The summed E-state index contributed by atoms with van der Waals surface area (Å²) in [7, 11) is 0. The highest BCUT2D eigenvalue weighted by atomic mass is 16.3. The van der Waals surface area contributed by atoms with Crippen molar-refractivity contribution in [3.05, 3.63) is 78.9 Å². The number of rotatable bonds is 1. The second-order valence-corrected chi connectivity index (χ2v) is 5.99. The first-order valence-corrected chi connectivity index (χ1v) is 7.94. The third kappa shape index (κ3) is 1.83. The number of aromatic hydroxyl groups is 1. The van der Waals surface area contributed by atoms with Gasteiger partial charge >= 0.3 is 0 Å². The molecule has 24 heavy (non-hydrogen) atoms. The summed E-state index contributed by atoms with van der Waals surface area (Å²) in [6.45, 7) is 0. The molecule has 0 aliphatic heterocycles. The van der Waals surface area contributed by atoms with Gasteiger partial charge in [-0.1, -0.05) is 54.6 Å². The van der Waals surface area contributed by atoms with Gasteiger partial charge in [-0.05, 0) is 40.6 Å². The minimum absolute atomic E-state index is 0.282. The number of para-hydroxylation sites is 1. The SMILES string of the molecule is Oc1ccc2ccccc2c1-c1ccc2c(c1)oc1ccccc12. The van der Waals surface area contributed by atoms with Crippen LogP contribution in [-0.2, 0) is 0 Å². The van der Waals surface area contributed by atoms with E-state index < -0.39 is 0 Å². The van der Waals surface area contributed by atoms with E-state index >= 15 is 0 Å². The zero-order valence-electron chi connectivity index (χ0n) is 12.9. The minimum Gasteiger partial charge on any atom is -0.507 e. The Kier molecular flexibility index (Phi) is 2.68. The summed E-state index contributed by atoms with van der Waals surface area (Å²) in [5, 5.41) is 14.8. The molecule has 0 amide bonds. The highest BCUT2D eigenvalue weighted by Gasteiger charge is 2.12. The third-order valence-electron chi connectivity index (χ3n) is 4.57. The Bertz CT molecular complexity index is 1210. The number of fused-ring (bicyclic) bond motifs is 4. The Morgan fingerprint density at radius 2 is 1.38 bits per heavy atom. The van der Waals surface area contributed by atoms with Crippen molar-refractivity contribution in [2.24, 2.45) is 0 Å². The molecule has 114 valence electrons. The Morgan fingerprint density at radius 3 is 2.29 bits per heavy atom. The van der Waals surface area contributed by atoms with Gasteiger partial charge in [-0.15, -0.1) is 0 Å². The van der Waals surface area contributed by atoms with Gasteiger partial charge in [-0.2, -0.15) is 0 Å². The number of hydrogen-bond donors (Lipinski definition) is 1. The second-order valence-electron chi connectivity index (χ2n) is 5.99. The smallest absolute Gasteiger partial charge is 0.136 e. The molecule has 1 N–H and O–H groups in total. The lowest BCUT2D eigenvalue weighted by atomic mass is 9.96. The molecule has 0 aliphatic rings. The van der Waals surface area contributed by atoms with E-state index in [1.807, 2.05) is 54.6 Å². The summed E-state index contributed by atoms with van der Waals surface area (Å²) in [5.41, 5.74) is 3.51. The molecule has 1 heterocycles. The van der Waals surface area contributed by atoms with Crippen LogP contribution in [0.4, 0.5) is 0 Å². The number of phenolic OH excluding ortho intramolecular Hbond substituents is 1. The lowest BCUT2D eigenvalue weighted by Gasteiger charge is -2.09. The van der Waals surface area contributed by atoms with Crippen molar-refractivity contribution in [3.63, 3.8) is 0 Å². The monoisotopic (exact) mass is 310 g/mol. The van der Waals surface area contributed by atoms with Crippen LogP contribution in [0, 0.1) is 0 Å². The molecule has 0 aliphatic carbocycles. The molecule has 0 saturated carbocycles. The first-order valence-electron chi connectivity index (χ1n) is 7.94. The van der Waals surface area contributed by atoms with Gasteiger partial charge in [-0.3, -0.25) is 0 Å². The number of hydrogen-bond acceptors (Lipinski definition) is 2. The molecule has 0 radical (unpaired) electrons. The molecule has 0 spiro atoms. The number of benzene rings is 4. The average Bonchev–Trinajstić information content (AvgIpc) is 2.99. The minimum atomic E-state index is 0.282. The van der Waals surface area contributed by atoms with Crippen LogP contribution in [0.15, 0.2) is 83.3 Å². The van der Waals surface area contributed by atoms with Crippen molar-refractivity contribution in [1.29, 1.82) is 0 Å². The Balaban J connectivity index is 1.84. The lowest BCUT2D eigenvalue weighted by Crippen LogP contribution is -1.83. The van der Waals surface area contributed by atoms with Crippen molar-refractivity contribution >= 4 is 32.7 Å². The molecular weight excluding hydrogens is 296 g/mol. The lowest BCUT2D eigenvalue weighted by molar-refractivity contribution is 0.478. The van der Waals surface area contributed by atoms with Gasteiger partial charge in [0.2, 0.25) is 0 Å². The van der Waals surface area contributed by atoms with Crippen LogP contribution in [0.2, 0.25) is 0 Å². The quantitative estimate of drug-likeness (QED) is 0.405. The molecular formula is C22H14O2. The summed E-state index contributed by atoms with van der Waals surface area (Å²) in [4.78, 5) is 0. The fraction of sp³-hybridized carbons (Fsp3) is 0. The Labute approximate surface area is 138 Å². The highest BCUT2D eigenvalue weighted by molar-refractivity contribution is 6.07. The predicted molar refractivity (Wildman–Crippen MR) is 98.3 cm³/mol. The second kappa shape index (κ2) is 4.87. The van der Waals surface area contributed by atoms with Gasteiger partial charge in [-0.25, -0.2) is 0 Å². The standard InChI is InChI=1S/C22H14O2/c23-19-12-10-14-5-1-2-6-16(14)22(19)15-9-11-18-17-7-3-4-8-20(17)24-21(18)13-15/h1-13,23H. The molecule has 0 unspecified atom stereocenters. The topological polar surface area (TPSA) is 33.4 Å². The zero-order chi connectivity index (χ0) is 16.1. The molecule has 0 fully saturated rings. The Hall–Kier alpha value is -3.26. The normalized spacial score (nSPS) is 11.5. The molecule has 5 rings (SSSR count). The van der Waals surface area contributed by atoms with Gasteiger partial charge in [0, 0.05) is 16.3 Å². The van der Waals surface area contributed by atoms with E-state index in [-0.39, 0.29) is 5.75 Å². The van der Waals surface area contributed by atoms with Crippen LogP contribution in [0.25, 0.3) is 43.8 Å². The van der Waals surface area contributed by atoms with Crippen molar-refractivity contribution in [2.45, 2.75) is 0 Å². The van der Waals surface area contributed by atoms with E-state index in [0.29, 0.717) is 0 Å². The van der Waals surface area contributed by atoms with Crippen LogP contribution in [-0.4, -0.2) is 5.11 Å². The first kappa shape index (κ1) is 13.2.